The van der Waals surface area contributed by atoms with E-state index in [-0.39, 0.29) is 0 Å². The van der Waals surface area contributed by atoms with E-state index in [1.165, 1.54) is 22.5 Å². The lowest BCUT2D eigenvalue weighted by atomic mass is 9.98. The number of anilines is 1. The third kappa shape index (κ3) is 1.68. The highest BCUT2D eigenvalue weighted by molar-refractivity contribution is 7.14. The Balaban J connectivity index is 2.68. The third-order valence-corrected chi connectivity index (χ3v) is 3.43. The van der Waals surface area contributed by atoms with Crippen molar-refractivity contribution >= 4 is 16.3 Å². The Labute approximate surface area is 99.0 Å². The number of nitrogens with zero attached hydrogens (tertiary/aromatic N) is 1. The van der Waals surface area contributed by atoms with Crippen molar-refractivity contribution in [3.8, 4) is 17.2 Å². The molecule has 0 fully saturated rings. The Kier molecular flexibility index (Phi) is 2.67. The average Bonchev–Trinajstić information content (AvgIpc) is 2.63. The van der Waals surface area contributed by atoms with Crippen LogP contribution >= 0.6 is 11.3 Å². The van der Waals surface area contributed by atoms with Crippen molar-refractivity contribution in [1.29, 1.82) is 5.26 Å². The van der Waals surface area contributed by atoms with Crippen LogP contribution in [0.5, 0.6) is 0 Å². The summed E-state index contributed by atoms with van der Waals surface area (Å²) in [6, 6.07) is 8.41. The zero-order chi connectivity index (χ0) is 11.7. The van der Waals surface area contributed by atoms with Crippen molar-refractivity contribution in [2.75, 3.05) is 5.73 Å². The van der Waals surface area contributed by atoms with Gasteiger partial charge in [-0.15, -0.1) is 11.3 Å². The fourth-order valence-electron chi connectivity index (χ4n) is 1.71. The predicted octanol–water partition coefficient (Wildman–Crippen LogP) is 3.49. The van der Waals surface area contributed by atoms with Gasteiger partial charge in [-0.05, 0) is 25.0 Å². The maximum Gasteiger partial charge on any atom is 0.104 e. The van der Waals surface area contributed by atoms with E-state index < -0.39 is 0 Å². The molecule has 0 amide bonds. The number of nitrogens with two attached hydrogens (primary N) is 1. The van der Waals surface area contributed by atoms with Gasteiger partial charge in [-0.1, -0.05) is 23.8 Å². The van der Waals surface area contributed by atoms with Crippen LogP contribution in [0.25, 0.3) is 11.1 Å². The Hall–Kier alpha value is -1.79. The number of thiophene rings is 1. The van der Waals surface area contributed by atoms with E-state index in [0.717, 1.165) is 11.1 Å². The second-order valence-electron chi connectivity index (χ2n) is 3.82. The summed E-state index contributed by atoms with van der Waals surface area (Å²) in [5.74, 6) is 0. The topological polar surface area (TPSA) is 49.8 Å². The first-order chi connectivity index (χ1) is 7.63. The highest BCUT2D eigenvalue weighted by Gasteiger charge is 2.12. The Morgan fingerprint density at radius 3 is 2.69 bits per heavy atom. The van der Waals surface area contributed by atoms with Gasteiger partial charge in [-0.2, -0.15) is 5.26 Å². The SMILES string of the molecule is Cc1ccc(C)c(-c2csc(N)c2C#N)c1. The molecule has 0 aliphatic heterocycles. The number of aryl methyl sites for hydroxylation is 2. The third-order valence-electron chi connectivity index (χ3n) is 2.61. The lowest BCUT2D eigenvalue weighted by Crippen LogP contribution is -1.88. The molecule has 1 aromatic heterocycles. The fraction of sp³-hybridized carbons (Fsp3) is 0.154. The van der Waals surface area contributed by atoms with Gasteiger partial charge in [0.25, 0.3) is 0 Å². The second-order valence-corrected chi connectivity index (χ2v) is 4.73. The van der Waals surface area contributed by atoms with Crippen LogP contribution in [-0.4, -0.2) is 0 Å². The standard InChI is InChI=1S/C13H12N2S/c1-8-3-4-9(2)10(5-8)12-7-16-13(15)11(12)6-14/h3-5,7H,15H2,1-2H3. The normalized spacial score (nSPS) is 10.1. The van der Waals surface area contributed by atoms with Crippen molar-refractivity contribution < 1.29 is 0 Å². The largest absolute Gasteiger partial charge is 0.389 e. The molecule has 80 valence electrons. The minimum Gasteiger partial charge on any atom is -0.389 e. The van der Waals surface area contributed by atoms with Gasteiger partial charge in [-0.3, -0.25) is 0 Å². The summed E-state index contributed by atoms with van der Waals surface area (Å²) in [7, 11) is 0. The lowest BCUT2D eigenvalue weighted by Gasteiger charge is -2.05. The Bertz CT molecular complexity index is 576. The molecule has 0 unspecified atom stereocenters. The number of benzene rings is 1. The molecule has 2 aromatic rings. The summed E-state index contributed by atoms with van der Waals surface area (Å²) in [6.07, 6.45) is 0. The molecule has 0 bridgehead atoms. The van der Waals surface area contributed by atoms with E-state index >= 15 is 0 Å². The monoisotopic (exact) mass is 228 g/mol. The van der Waals surface area contributed by atoms with Crippen LogP contribution in [0.15, 0.2) is 23.6 Å². The summed E-state index contributed by atoms with van der Waals surface area (Å²) >= 11 is 1.42. The zero-order valence-electron chi connectivity index (χ0n) is 9.24. The van der Waals surface area contributed by atoms with Gasteiger partial charge in [0.15, 0.2) is 0 Å². The molecule has 2 nitrogen and oxygen atoms in total. The maximum atomic E-state index is 9.09. The molecular weight excluding hydrogens is 216 g/mol. The van der Waals surface area contributed by atoms with Gasteiger partial charge in [0.1, 0.15) is 11.1 Å². The quantitative estimate of drug-likeness (QED) is 0.812. The predicted molar refractivity (Wildman–Crippen MR) is 68.4 cm³/mol. The van der Waals surface area contributed by atoms with Crippen molar-refractivity contribution in [3.05, 3.63) is 40.3 Å². The van der Waals surface area contributed by atoms with E-state index in [9.17, 15) is 0 Å². The first-order valence-corrected chi connectivity index (χ1v) is 5.86. The molecule has 0 atom stereocenters. The van der Waals surface area contributed by atoms with Crippen LogP contribution in [0.1, 0.15) is 16.7 Å². The molecule has 16 heavy (non-hydrogen) atoms. The molecule has 1 heterocycles. The maximum absolute atomic E-state index is 9.09. The van der Waals surface area contributed by atoms with Crippen molar-refractivity contribution in [3.63, 3.8) is 0 Å². The van der Waals surface area contributed by atoms with Crippen LogP contribution in [0.3, 0.4) is 0 Å². The molecule has 0 aliphatic carbocycles. The molecule has 3 heteroatoms. The molecule has 0 aliphatic rings. The number of nitrogen functional groups attached to an aromatic ring is 1. The van der Waals surface area contributed by atoms with Gasteiger partial charge in [0.2, 0.25) is 0 Å². The number of hydrogen-bond acceptors (Lipinski definition) is 3. The van der Waals surface area contributed by atoms with Gasteiger partial charge in [-0.25, -0.2) is 0 Å². The zero-order valence-corrected chi connectivity index (χ0v) is 10.1. The summed E-state index contributed by atoms with van der Waals surface area (Å²) in [4.78, 5) is 0. The molecule has 0 saturated heterocycles. The van der Waals surface area contributed by atoms with Crippen LogP contribution in [0.2, 0.25) is 0 Å². The average molecular weight is 228 g/mol. The summed E-state index contributed by atoms with van der Waals surface area (Å²) in [6.45, 7) is 4.09. The van der Waals surface area contributed by atoms with Crippen LogP contribution in [0.4, 0.5) is 5.00 Å². The van der Waals surface area contributed by atoms with Crippen LogP contribution in [-0.2, 0) is 0 Å². The minimum atomic E-state index is 0.596. The van der Waals surface area contributed by atoms with E-state index in [1.807, 2.05) is 19.2 Å². The number of nitriles is 1. The molecule has 2 rings (SSSR count). The van der Waals surface area contributed by atoms with Crippen molar-refractivity contribution in [1.82, 2.24) is 0 Å². The van der Waals surface area contributed by atoms with Crippen molar-refractivity contribution in [2.24, 2.45) is 0 Å². The smallest absolute Gasteiger partial charge is 0.104 e. The summed E-state index contributed by atoms with van der Waals surface area (Å²) in [5, 5.41) is 11.6. The van der Waals surface area contributed by atoms with Crippen LogP contribution < -0.4 is 5.73 Å². The van der Waals surface area contributed by atoms with E-state index in [4.69, 9.17) is 11.0 Å². The van der Waals surface area contributed by atoms with E-state index in [0.29, 0.717) is 10.6 Å². The Morgan fingerprint density at radius 1 is 1.25 bits per heavy atom. The van der Waals surface area contributed by atoms with Crippen LogP contribution in [0, 0.1) is 25.2 Å². The first kappa shape index (κ1) is 10.7. The highest BCUT2D eigenvalue weighted by atomic mass is 32.1. The minimum absolute atomic E-state index is 0.596. The molecule has 0 radical (unpaired) electrons. The summed E-state index contributed by atoms with van der Waals surface area (Å²) in [5.41, 5.74) is 10.8. The molecule has 0 saturated carbocycles. The van der Waals surface area contributed by atoms with Gasteiger partial charge < -0.3 is 5.73 Å². The van der Waals surface area contributed by atoms with Gasteiger partial charge >= 0.3 is 0 Å². The molecule has 2 N–H and O–H groups in total. The highest BCUT2D eigenvalue weighted by Crippen LogP contribution is 2.34. The number of hydrogen-bond donors (Lipinski definition) is 1. The van der Waals surface area contributed by atoms with Crippen molar-refractivity contribution in [2.45, 2.75) is 13.8 Å². The second kappa shape index (κ2) is 3.99. The molecule has 0 spiro atoms. The molecule has 1 aromatic carbocycles. The Morgan fingerprint density at radius 2 is 2.00 bits per heavy atom. The first-order valence-electron chi connectivity index (χ1n) is 4.98. The lowest BCUT2D eigenvalue weighted by molar-refractivity contribution is 1.39. The van der Waals surface area contributed by atoms with E-state index in [1.54, 1.807) is 0 Å². The van der Waals surface area contributed by atoms with E-state index in [2.05, 4.69) is 24.3 Å². The number of rotatable bonds is 1. The molecular formula is C13H12N2S. The van der Waals surface area contributed by atoms with Gasteiger partial charge in [0, 0.05) is 10.9 Å². The fourth-order valence-corrected chi connectivity index (χ4v) is 2.48. The van der Waals surface area contributed by atoms with Gasteiger partial charge in [0.05, 0.1) is 5.56 Å². The summed E-state index contributed by atoms with van der Waals surface area (Å²) < 4.78 is 0.